The molecule has 0 saturated heterocycles. The number of hydrogen-bond acceptors (Lipinski definition) is 2. The molecule has 0 aliphatic carbocycles. The lowest BCUT2D eigenvalue weighted by Gasteiger charge is -2.16. The van der Waals surface area contributed by atoms with Crippen LogP contribution in [0.25, 0.3) is 11.3 Å². The van der Waals surface area contributed by atoms with Gasteiger partial charge in [-0.3, -0.25) is 0 Å². The number of nitrogens with zero attached hydrogens (tertiary/aromatic N) is 1. The van der Waals surface area contributed by atoms with E-state index >= 15 is 0 Å². The molecular weight excluding hydrogens is 276 g/mol. The number of alkyl halides is 6. The van der Waals surface area contributed by atoms with E-state index in [2.05, 4.69) is 9.40 Å². The highest BCUT2D eigenvalue weighted by molar-refractivity contribution is 5.60. The molecule has 1 radical (unpaired) electrons. The normalized spacial score (nSPS) is 12.7. The number of hydrogen-bond donors (Lipinski definition) is 0. The van der Waals surface area contributed by atoms with Crippen LogP contribution in [-0.4, -0.2) is 4.98 Å². The third-order valence-corrected chi connectivity index (χ3v) is 2.32. The van der Waals surface area contributed by atoms with Gasteiger partial charge in [-0.15, -0.1) is 0 Å². The van der Waals surface area contributed by atoms with Crippen molar-refractivity contribution in [3.05, 3.63) is 42.0 Å². The molecule has 0 saturated carbocycles. The second kappa shape index (κ2) is 4.29. The van der Waals surface area contributed by atoms with Crippen LogP contribution in [-0.2, 0) is 12.4 Å². The lowest BCUT2D eigenvalue weighted by Crippen LogP contribution is -2.16. The molecular formula is C11H4F6NO. The molecule has 101 valence electrons. The fourth-order valence-electron chi connectivity index (χ4n) is 1.50. The van der Waals surface area contributed by atoms with Crippen LogP contribution < -0.4 is 0 Å². The standard InChI is InChI=1S/C11H4F6NO/c12-10(13,14)7-2-1-6(9-4-19-5-18-9)3-8(7)11(15,16)17/h1-4H. The highest BCUT2D eigenvalue weighted by Crippen LogP contribution is 2.41. The minimum atomic E-state index is -5.12. The van der Waals surface area contributed by atoms with E-state index in [1.807, 2.05) is 6.39 Å². The topological polar surface area (TPSA) is 26.0 Å². The van der Waals surface area contributed by atoms with Crippen molar-refractivity contribution in [1.29, 1.82) is 0 Å². The minimum Gasteiger partial charge on any atom is -0.440 e. The van der Waals surface area contributed by atoms with Gasteiger partial charge in [-0.2, -0.15) is 26.3 Å². The van der Waals surface area contributed by atoms with Crippen molar-refractivity contribution < 1.29 is 30.8 Å². The predicted octanol–water partition coefficient (Wildman–Crippen LogP) is 4.18. The quantitative estimate of drug-likeness (QED) is 0.732. The summed E-state index contributed by atoms with van der Waals surface area (Å²) in [5, 5.41) is 0. The Bertz CT molecular complexity index is 570. The van der Waals surface area contributed by atoms with Gasteiger partial charge in [0.15, 0.2) is 0 Å². The molecule has 0 spiro atoms. The van der Waals surface area contributed by atoms with Gasteiger partial charge in [-0.05, 0) is 12.1 Å². The zero-order valence-corrected chi connectivity index (χ0v) is 8.93. The Kier molecular flexibility index (Phi) is 3.03. The van der Waals surface area contributed by atoms with E-state index < -0.39 is 23.5 Å². The van der Waals surface area contributed by atoms with Crippen LogP contribution in [0.4, 0.5) is 26.3 Å². The monoisotopic (exact) mass is 280 g/mol. The Labute approximate surface area is 102 Å². The van der Waals surface area contributed by atoms with Crippen molar-refractivity contribution in [3.63, 3.8) is 0 Å². The Hall–Kier alpha value is -1.99. The second-order valence-corrected chi connectivity index (χ2v) is 3.58. The zero-order valence-electron chi connectivity index (χ0n) is 8.93. The summed E-state index contributed by atoms with van der Waals surface area (Å²) in [6.07, 6.45) is -7.21. The molecule has 2 nitrogen and oxygen atoms in total. The van der Waals surface area contributed by atoms with Crippen LogP contribution >= 0.6 is 0 Å². The van der Waals surface area contributed by atoms with E-state index in [0.717, 1.165) is 12.3 Å². The molecule has 0 fully saturated rings. The molecule has 2 rings (SSSR count). The zero-order chi connectivity index (χ0) is 14.3. The van der Waals surface area contributed by atoms with Crippen molar-refractivity contribution in [2.75, 3.05) is 0 Å². The van der Waals surface area contributed by atoms with Crippen LogP contribution in [0.15, 0.2) is 28.9 Å². The van der Waals surface area contributed by atoms with E-state index in [1.165, 1.54) is 0 Å². The molecule has 1 aromatic carbocycles. The van der Waals surface area contributed by atoms with Crippen LogP contribution in [0.5, 0.6) is 0 Å². The average molecular weight is 280 g/mol. The fraction of sp³-hybridized carbons (Fsp3) is 0.182. The molecule has 0 unspecified atom stereocenters. The SMILES string of the molecule is FC(F)(F)c1ccc(-c2co[c]n2)cc1C(F)(F)F. The lowest BCUT2D eigenvalue weighted by molar-refractivity contribution is -0.162. The van der Waals surface area contributed by atoms with Crippen molar-refractivity contribution in [2.45, 2.75) is 12.4 Å². The first-order chi connectivity index (χ1) is 8.69. The van der Waals surface area contributed by atoms with Crippen LogP contribution in [0.1, 0.15) is 11.1 Å². The maximum Gasteiger partial charge on any atom is 0.417 e. The third-order valence-electron chi connectivity index (χ3n) is 2.32. The molecule has 8 heteroatoms. The Morgan fingerprint density at radius 3 is 2.05 bits per heavy atom. The van der Waals surface area contributed by atoms with Crippen molar-refractivity contribution >= 4 is 0 Å². The Morgan fingerprint density at radius 1 is 0.947 bits per heavy atom. The van der Waals surface area contributed by atoms with E-state index in [4.69, 9.17) is 0 Å². The van der Waals surface area contributed by atoms with Crippen LogP contribution in [0.2, 0.25) is 0 Å². The number of halogens is 6. The average Bonchev–Trinajstić information content (AvgIpc) is 2.79. The Morgan fingerprint density at radius 2 is 1.58 bits per heavy atom. The molecule has 2 aromatic rings. The molecule has 1 heterocycles. The van der Waals surface area contributed by atoms with Crippen LogP contribution in [0.3, 0.4) is 0 Å². The molecule has 0 N–H and O–H groups in total. The molecule has 0 bridgehead atoms. The third kappa shape index (κ3) is 2.72. The maximum absolute atomic E-state index is 12.6. The minimum absolute atomic E-state index is 0.0285. The summed E-state index contributed by atoms with van der Waals surface area (Å²) in [5.74, 6) is 0. The predicted molar refractivity (Wildman–Crippen MR) is 50.8 cm³/mol. The van der Waals surface area contributed by atoms with Gasteiger partial charge in [0.05, 0.1) is 11.1 Å². The maximum atomic E-state index is 12.6. The van der Waals surface area contributed by atoms with E-state index in [0.29, 0.717) is 12.1 Å². The highest BCUT2D eigenvalue weighted by atomic mass is 19.4. The van der Waals surface area contributed by atoms with Gasteiger partial charge in [0.2, 0.25) is 0 Å². The van der Waals surface area contributed by atoms with Gasteiger partial charge in [-0.1, -0.05) is 6.07 Å². The van der Waals surface area contributed by atoms with Gasteiger partial charge in [0.25, 0.3) is 6.39 Å². The van der Waals surface area contributed by atoms with Gasteiger partial charge in [0.1, 0.15) is 12.0 Å². The molecule has 0 aliphatic rings. The van der Waals surface area contributed by atoms with Gasteiger partial charge >= 0.3 is 12.4 Å². The smallest absolute Gasteiger partial charge is 0.417 e. The highest BCUT2D eigenvalue weighted by Gasteiger charge is 2.43. The van der Waals surface area contributed by atoms with Crippen molar-refractivity contribution in [1.82, 2.24) is 4.98 Å². The fourth-order valence-corrected chi connectivity index (χ4v) is 1.50. The first-order valence-corrected chi connectivity index (χ1v) is 4.80. The summed E-state index contributed by atoms with van der Waals surface area (Å²) in [4.78, 5) is 3.46. The molecule has 19 heavy (non-hydrogen) atoms. The Balaban J connectivity index is 2.61. The molecule has 1 aromatic heterocycles. The number of benzene rings is 1. The largest absolute Gasteiger partial charge is 0.440 e. The van der Waals surface area contributed by atoms with E-state index in [9.17, 15) is 26.3 Å². The summed E-state index contributed by atoms with van der Waals surface area (Å²) < 4.78 is 79.9. The van der Waals surface area contributed by atoms with Gasteiger partial charge in [0, 0.05) is 5.56 Å². The van der Waals surface area contributed by atoms with E-state index in [-0.39, 0.29) is 11.3 Å². The van der Waals surface area contributed by atoms with E-state index in [1.54, 1.807) is 0 Å². The summed E-state index contributed by atoms with van der Waals surface area (Å²) in [6, 6.07) is 1.64. The van der Waals surface area contributed by atoms with Gasteiger partial charge < -0.3 is 4.42 Å². The van der Waals surface area contributed by atoms with Crippen molar-refractivity contribution in [3.8, 4) is 11.3 Å². The van der Waals surface area contributed by atoms with Gasteiger partial charge in [-0.25, -0.2) is 4.98 Å². The summed E-state index contributed by atoms with van der Waals surface area (Å²) in [5.41, 5.74) is -3.67. The molecule has 0 atom stereocenters. The first kappa shape index (κ1) is 13.4. The molecule has 0 amide bonds. The first-order valence-electron chi connectivity index (χ1n) is 4.80. The number of oxazole rings is 1. The lowest BCUT2D eigenvalue weighted by atomic mass is 10.0. The molecule has 0 aliphatic heterocycles. The number of rotatable bonds is 1. The van der Waals surface area contributed by atoms with Crippen molar-refractivity contribution in [2.24, 2.45) is 0 Å². The second-order valence-electron chi connectivity index (χ2n) is 3.58. The summed E-state index contributed by atoms with van der Waals surface area (Å²) in [7, 11) is 0. The summed E-state index contributed by atoms with van der Waals surface area (Å²) >= 11 is 0. The number of aromatic nitrogens is 1. The summed E-state index contributed by atoms with van der Waals surface area (Å²) in [6.45, 7) is 0. The van der Waals surface area contributed by atoms with Crippen LogP contribution in [0, 0.1) is 6.39 Å².